The molecule has 132 valence electrons. The second-order valence-corrected chi connectivity index (χ2v) is 6.64. The van der Waals surface area contributed by atoms with E-state index in [0.717, 1.165) is 20.9 Å². The first-order chi connectivity index (χ1) is 13.2. The number of hydrogen-bond donors (Lipinski definition) is 1. The number of nitrogens with zero attached hydrogens (tertiary/aromatic N) is 3. The average Bonchev–Trinajstić information content (AvgIpc) is 3.24. The molecule has 0 radical (unpaired) electrons. The van der Waals surface area contributed by atoms with Crippen LogP contribution in [0.4, 0.5) is 16.2 Å². The molecule has 2 aromatic carbocycles. The Morgan fingerprint density at radius 2 is 1.85 bits per heavy atom. The molecule has 0 aliphatic rings. The molecule has 4 aromatic rings. The van der Waals surface area contributed by atoms with Crippen LogP contribution in [-0.4, -0.2) is 22.4 Å². The molecular weight excluding hydrogens is 360 g/mol. The Balaban J connectivity index is 1.59. The lowest BCUT2D eigenvalue weighted by Crippen LogP contribution is -2.33. The van der Waals surface area contributed by atoms with Gasteiger partial charge in [0.2, 0.25) is 6.41 Å². The third kappa shape index (κ3) is 3.54. The molecule has 4 rings (SSSR count). The summed E-state index contributed by atoms with van der Waals surface area (Å²) in [6.07, 6.45) is 3.70. The van der Waals surface area contributed by atoms with Gasteiger partial charge in [0.1, 0.15) is 0 Å². The molecule has 0 saturated heterocycles. The van der Waals surface area contributed by atoms with Gasteiger partial charge in [-0.2, -0.15) is 0 Å². The standard InChI is InChI=1S/C20H14N4O2S/c25-13-24(16-4-1-3-14(11-16)19-5-2-10-27-19)20(26)23-15-6-7-17-18(12-15)22-9-8-21-17/h1-13H,(H,23,26). The monoisotopic (exact) mass is 374 g/mol. The van der Waals surface area contributed by atoms with Crippen LogP contribution in [0.3, 0.4) is 0 Å². The maximum atomic E-state index is 12.6. The van der Waals surface area contributed by atoms with E-state index in [-0.39, 0.29) is 0 Å². The highest BCUT2D eigenvalue weighted by atomic mass is 32.1. The highest BCUT2D eigenvalue weighted by Gasteiger charge is 2.16. The fourth-order valence-electron chi connectivity index (χ4n) is 2.70. The topological polar surface area (TPSA) is 75.2 Å². The third-order valence-electron chi connectivity index (χ3n) is 3.97. The Bertz CT molecular complexity index is 1110. The molecule has 6 nitrogen and oxygen atoms in total. The van der Waals surface area contributed by atoms with Crippen LogP contribution in [0, 0.1) is 0 Å². The zero-order valence-corrected chi connectivity index (χ0v) is 14.9. The van der Waals surface area contributed by atoms with Crippen molar-refractivity contribution in [1.82, 2.24) is 9.97 Å². The summed E-state index contributed by atoms with van der Waals surface area (Å²) in [5.74, 6) is 0. The van der Waals surface area contributed by atoms with Gasteiger partial charge in [0.05, 0.1) is 16.7 Å². The van der Waals surface area contributed by atoms with E-state index < -0.39 is 6.03 Å². The fourth-order valence-corrected chi connectivity index (χ4v) is 3.43. The quantitative estimate of drug-likeness (QED) is 0.532. The highest BCUT2D eigenvalue weighted by molar-refractivity contribution is 7.13. The SMILES string of the molecule is O=CN(C(=O)Nc1ccc2nccnc2c1)c1cccc(-c2cccs2)c1. The molecule has 2 aromatic heterocycles. The summed E-state index contributed by atoms with van der Waals surface area (Å²) < 4.78 is 0. The molecular formula is C20H14N4O2S. The van der Waals surface area contributed by atoms with Gasteiger partial charge in [-0.1, -0.05) is 18.2 Å². The van der Waals surface area contributed by atoms with Crippen molar-refractivity contribution in [2.24, 2.45) is 0 Å². The average molecular weight is 374 g/mol. The summed E-state index contributed by atoms with van der Waals surface area (Å²) >= 11 is 1.60. The largest absolute Gasteiger partial charge is 0.332 e. The lowest BCUT2D eigenvalue weighted by atomic mass is 10.1. The number of thiophene rings is 1. The lowest BCUT2D eigenvalue weighted by Gasteiger charge is -2.17. The number of nitrogens with one attached hydrogen (secondary N) is 1. The zero-order chi connectivity index (χ0) is 18.6. The Labute approximate surface area is 159 Å². The van der Waals surface area contributed by atoms with Crippen LogP contribution in [0.1, 0.15) is 0 Å². The van der Waals surface area contributed by atoms with Crippen molar-refractivity contribution in [2.75, 3.05) is 10.2 Å². The molecule has 1 N–H and O–H groups in total. The first-order valence-electron chi connectivity index (χ1n) is 8.15. The van der Waals surface area contributed by atoms with Crippen molar-refractivity contribution in [1.29, 1.82) is 0 Å². The molecule has 0 fully saturated rings. The molecule has 0 spiro atoms. The number of hydrogen-bond acceptors (Lipinski definition) is 5. The van der Waals surface area contributed by atoms with Crippen LogP contribution in [0.2, 0.25) is 0 Å². The molecule has 2 heterocycles. The number of fused-ring (bicyclic) bond motifs is 1. The van der Waals surface area contributed by atoms with Crippen molar-refractivity contribution in [3.05, 3.63) is 72.4 Å². The predicted octanol–water partition coefficient (Wildman–Crippen LogP) is 4.55. The molecule has 0 aliphatic carbocycles. The van der Waals surface area contributed by atoms with Crippen LogP contribution < -0.4 is 10.2 Å². The number of aromatic nitrogens is 2. The molecule has 0 atom stereocenters. The predicted molar refractivity (Wildman–Crippen MR) is 107 cm³/mol. The van der Waals surface area contributed by atoms with Gasteiger partial charge in [-0.15, -0.1) is 11.3 Å². The van der Waals surface area contributed by atoms with Gasteiger partial charge in [0.15, 0.2) is 0 Å². The summed E-state index contributed by atoms with van der Waals surface area (Å²) in [5.41, 5.74) is 3.37. The Kier molecular flexibility index (Phi) is 4.59. The van der Waals surface area contributed by atoms with E-state index in [4.69, 9.17) is 0 Å². The van der Waals surface area contributed by atoms with Crippen molar-refractivity contribution >= 4 is 46.2 Å². The molecule has 0 saturated carbocycles. The number of anilines is 2. The second kappa shape index (κ2) is 7.35. The highest BCUT2D eigenvalue weighted by Crippen LogP contribution is 2.28. The van der Waals surface area contributed by atoms with E-state index in [9.17, 15) is 9.59 Å². The molecule has 7 heteroatoms. The van der Waals surface area contributed by atoms with E-state index in [1.54, 1.807) is 48.0 Å². The van der Waals surface area contributed by atoms with Crippen LogP contribution >= 0.6 is 11.3 Å². The first-order valence-corrected chi connectivity index (χ1v) is 9.03. The first kappa shape index (κ1) is 16.9. The minimum Gasteiger partial charge on any atom is -0.307 e. The Morgan fingerprint density at radius 3 is 2.63 bits per heavy atom. The van der Waals surface area contributed by atoms with Gasteiger partial charge in [0, 0.05) is 23.0 Å². The van der Waals surface area contributed by atoms with Gasteiger partial charge in [-0.05, 0) is 47.3 Å². The minimum atomic E-state index is -0.545. The number of amides is 3. The van der Waals surface area contributed by atoms with Gasteiger partial charge in [-0.3, -0.25) is 14.8 Å². The van der Waals surface area contributed by atoms with Gasteiger partial charge in [-0.25, -0.2) is 9.69 Å². The molecule has 0 aliphatic heterocycles. The number of imide groups is 1. The summed E-state index contributed by atoms with van der Waals surface area (Å²) in [5, 5.41) is 4.71. The van der Waals surface area contributed by atoms with Crippen LogP contribution in [0.15, 0.2) is 72.4 Å². The second-order valence-electron chi connectivity index (χ2n) is 5.69. The summed E-state index contributed by atoms with van der Waals surface area (Å²) in [6.45, 7) is 0. The van der Waals surface area contributed by atoms with E-state index in [1.807, 2.05) is 35.7 Å². The number of carbonyl (C=O) groups excluding carboxylic acids is 2. The van der Waals surface area contributed by atoms with Gasteiger partial charge < -0.3 is 5.32 Å². The molecule has 27 heavy (non-hydrogen) atoms. The maximum absolute atomic E-state index is 12.6. The summed E-state index contributed by atoms with van der Waals surface area (Å²) in [7, 11) is 0. The normalized spacial score (nSPS) is 10.5. The smallest absolute Gasteiger partial charge is 0.307 e. The van der Waals surface area contributed by atoms with E-state index >= 15 is 0 Å². The number of benzene rings is 2. The van der Waals surface area contributed by atoms with Crippen LogP contribution in [0.25, 0.3) is 21.5 Å². The van der Waals surface area contributed by atoms with Crippen molar-refractivity contribution in [2.45, 2.75) is 0 Å². The van der Waals surface area contributed by atoms with E-state index in [2.05, 4.69) is 15.3 Å². The molecule has 0 unspecified atom stereocenters. The van der Waals surface area contributed by atoms with Crippen molar-refractivity contribution < 1.29 is 9.59 Å². The fraction of sp³-hybridized carbons (Fsp3) is 0. The zero-order valence-electron chi connectivity index (χ0n) is 14.1. The maximum Gasteiger partial charge on any atom is 0.332 e. The van der Waals surface area contributed by atoms with Crippen LogP contribution in [0.5, 0.6) is 0 Å². The number of rotatable bonds is 4. The van der Waals surface area contributed by atoms with Gasteiger partial charge >= 0.3 is 6.03 Å². The summed E-state index contributed by atoms with van der Waals surface area (Å²) in [6, 6.07) is 15.9. The molecule has 3 amide bonds. The van der Waals surface area contributed by atoms with E-state index in [1.165, 1.54) is 0 Å². The van der Waals surface area contributed by atoms with Crippen LogP contribution in [-0.2, 0) is 4.79 Å². The van der Waals surface area contributed by atoms with E-state index in [0.29, 0.717) is 23.3 Å². The third-order valence-corrected chi connectivity index (χ3v) is 4.89. The Morgan fingerprint density at radius 1 is 1.00 bits per heavy atom. The Hall–Kier alpha value is -3.58. The minimum absolute atomic E-state index is 0.494. The van der Waals surface area contributed by atoms with Crippen molar-refractivity contribution in [3.63, 3.8) is 0 Å². The number of urea groups is 1. The molecule has 0 bridgehead atoms. The summed E-state index contributed by atoms with van der Waals surface area (Å²) in [4.78, 5) is 34.7. The lowest BCUT2D eigenvalue weighted by molar-refractivity contribution is -0.106. The van der Waals surface area contributed by atoms with Crippen molar-refractivity contribution in [3.8, 4) is 10.4 Å². The number of carbonyl (C=O) groups is 2. The van der Waals surface area contributed by atoms with Gasteiger partial charge in [0.25, 0.3) is 0 Å².